The first kappa shape index (κ1) is 35.5. The molecule has 2 aromatic rings. The van der Waals surface area contributed by atoms with E-state index in [9.17, 15) is 10.1 Å². The number of alkyl halides is 3. The van der Waals surface area contributed by atoms with Crippen LogP contribution in [0.25, 0.3) is 0 Å². The molecule has 4 aliphatic rings. The quantitative estimate of drug-likeness (QED) is 0.190. The minimum atomic E-state index is -1.78. The summed E-state index contributed by atoms with van der Waals surface area (Å²) in [7, 11) is 5.24. The Kier molecular flexibility index (Phi) is 10.2. The van der Waals surface area contributed by atoms with Crippen LogP contribution in [0, 0.1) is 25.2 Å². The van der Waals surface area contributed by atoms with E-state index in [0.29, 0.717) is 41.6 Å². The topological polar surface area (TPSA) is 124 Å². The van der Waals surface area contributed by atoms with E-state index in [1.807, 2.05) is 20.9 Å². The molecular formula is C34H39Cl3N4O8. The zero-order chi connectivity index (χ0) is 35.2. The van der Waals surface area contributed by atoms with Crippen LogP contribution < -0.4 is 29.0 Å². The first-order valence-electron chi connectivity index (χ1n) is 15.8. The van der Waals surface area contributed by atoms with Crippen LogP contribution in [-0.2, 0) is 22.3 Å². The molecule has 12 nitrogen and oxygen atoms in total. The van der Waals surface area contributed by atoms with E-state index < -0.39 is 28.6 Å². The van der Waals surface area contributed by atoms with E-state index in [1.54, 1.807) is 20.3 Å². The Bertz CT molecular complexity index is 1680. The fourth-order valence-corrected chi connectivity index (χ4v) is 8.15. The number of nitriles is 1. The van der Waals surface area contributed by atoms with Gasteiger partial charge in [-0.05, 0) is 44.9 Å². The SMILES string of the molecule is C=CCOc1c(C)c2c(c3c1CC1[C@@H]4c5c(cc(C)c(OC)c5OCOC)C[C@H](C(C#N)N1[C@H]3CNC(=O)OCC(Cl)(Cl)Cl)N4C)OCO2. The fraction of sp³-hybridized carbons (Fsp3) is 0.529. The predicted octanol–water partition coefficient (Wildman–Crippen LogP) is 5.46. The first-order chi connectivity index (χ1) is 23.4. The fourth-order valence-electron chi connectivity index (χ4n) is 7.98. The largest absolute Gasteiger partial charge is 0.493 e. The number of aryl methyl sites for hydroxylation is 1. The van der Waals surface area contributed by atoms with Crippen molar-refractivity contribution in [2.24, 2.45) is 0 Å². The number of rotatable bonds is 10. The number of methoxy groups -OCH3 is 2. The van der Waals surface area contributed by atoms with Crippen molar-refractivity contribution in [1.29, 1.82) is 5.26 Å². The molecule has 4 aliphatic heterocycles. The van der Waals surface area contributed by atoms with Crippen molar-refractivity contribution in [3.8, 4) is 34.8 Å². The van der Waals surface area contributed by atoms with Crippen molar-refractivity contribution >= 4 is 40.9 Å². The van der Waals surface area contributed by atoms with Gasteiger partial charge in [0.25, 0.3) is 0 Å². The van der Waals surface area contributed by atoms with Crippen LogP contribution >= 0.6 is 34.8 Å². The maximum Gasteiger partial charge on any atom is 0.407 e. The van der Waals surface area contributed by atoms with Gasteiger partial charge >= 0.3 is 6.09 Å². The number of piperazine rings is 1. The molecule has 1 fully saturated rings. The van der Waals surface area contributed by atoms with Gasteiger partial charge in [0.15, 0.2) is 29.8 Å². The molecule has 5 atom stereocenters. The lowest BCUT2D eigenvalue weighted by Gasteiger charge is -2.60. The third kappa shape index (κ3) is 6.30. The van der Waals surface area contributed by atoms with E-state index in [-0.39, 0.29) is 44.9 Å². The molecule has 2 aromatic carbocycles. The summed E-state index contributed by atoms with van der Waals surface area (Å²) >= 11 is 17.5. The van der Waals surface area contributed by atoms with Crippen LogP contribution in [0.3, 0.4) is 0 Å². The van der Waals surface area contributed by atoms with Crippen LogP contribution in [0.4, 0.5) is 4.79 Å². The van der Waals surface area contributed by atoms with Gasteiger partial charge in [0.1, 0.15) is 25.0 Å². The Labute approximate surface area is 300 Å². The number of ether oxygens (including phenoxy) is 7. The number of halogens is 3. The first-order valence-corrected chi connectivity index (χ1v) is 17.0. The molecule has 2 unspecified atom stereocenters. The van der Waals surface area contributed by atoms with Gasteiger partial charge in [-0.15, -0.1) is 0 Å². The summed E-state index contributed by atoms with van der Waals surface area (Å²) in [5, 5.41) is 13.8. The van der Waals surface area contributed by atoms with Crippen LogP contribution in [0.1, 0.15) is 45.5 Å². The molecule has 15 heteroatoms. The Balaban J connectivity index is 1.55. The summed E-state index contributed by atoms with van der Waals surface area (Å²) in [6.45, 7) is 7.66. The minimum absolute atomic E-state index is 0.0186. The number of nitrogens with zero attached hydrogens (tertiary/aromatic N) is 3. The number of carbonyl (C=O) groups excluding carboxylic acids is 1. The minimum Gasteiger partial charge on any atom is -0.493 e. The molecule has 49 heavy (non-hydrogen) atoms. The number of benzene rings is 2. The lowest BCUT2D eigenvalue weighted by Crippen LogP contribution is -2.68. The molecule has 0 saturated carbocycles. The van der Waals surface area contributed by atoms with Gasteiger partial charge < -0.3 is 38.5 Å². The molecule has 1 saturated heterocycles. The molecular weight excluding hydrogens is 699 g/mol. The molecule has 0 radical (unpaired) electrons. The van der Waals surface area contributed by atoms with Crippen molar-refractivity contribution in [1.82, 2.24) is 15.1 Å². The van der Waals surface area contributed by atoms with Gasteiger partial charge in [-0.25, -0.2) is 4.79 Å². The van der Waals surface area contributed by atoms with Gasteiger partial charge in [-0.3, -0.25) is 9.80 Å². The van der Waals surface area contributed by atoms with Gasteiger partial charge in [-0.2, -0.15) is 5.26 Å². The van der Waals surface area contributed by atoms with Crippen LogP contribution in [-0.4, -0.2) is 92.4 Å². The second-order valence-corrected chi connectivity index (χ2v) is 15.0. The smallest absolute Gasteiger partial charge is 0.407 e. The summed E-state index contributed by atoms with van der Waals surface area (Å²) in [6, 6.07) is 2.83. The highest BCUT2D eigenvalue weighted by molar-refractivity contribution is 6.67. The van der Waals surface area contributed by atoms with Gasteiger partial charge in [0.05, 0.1) is 25.3 Å². The van der Waals surface area contributed by atoms with E-state index in [4.69, 9.17) is 68.0 Å². The Morgan fingerprint density at radius 3 is 2.55 bits per heavy atom. The Morgan fingerprint density at radius 2 is 1.88 bits per heavy atom. The van der Waals surface area contributed by atoms with E-state index in [1.165, 1.54) is 0 Å². The highest BCUT2D eigenvalue weighted by Gasteiger charge is 2.57. The number of likely N-dealkylation sites (N-methyl/N-ethyl adjacent to an activating group) is 1. The van der Waals surface area contributed by atoms with Crippen molar-refractivity contribution in [3.05, 3.63) is 52.1 Å². The van der Waals surface area contributed by atoms with Crippen molar-refractivity contribution in [2.75, 3.05) is 54.6 Å². The highest BCUT2D eigenvalue weighted by Crippen LogP contribution is 2.58. The molecule has 0 aliphatic carbocycles. The summed E-state index contributed by atoms with van der Waals surface area (Å²) in [5.41, 5.74) is 5.43. The average Bonchev–Trinajstić information content (AvgIpc) is 3.55. The maximum atomic E-state index is 13.0. The maximum absolute atomic E-state index is 13.0. The van der Waals surface area contributed by atoms with Crippen molar-refractivity contribution in [3.63, 3.8) is 0 Å². The molecule has 264 valence electrons. The second kappa shape index (κ2) is 14.1. The number of carbonyl (C=O) groups is 1. The third-order valence-electron chi connectivity index (χ3n) is 9.72. The van der Waals surface area contributed by atoms with Crippen LogP contribution in [0.2, 0.25) is 0 Å². The lowest BCUT2D eigenvalue weighted by molar-refractivity contribution is -0.0731. The van der Waals surface area contributed by atoms with Crippen LogP contribution in [0.15, 0.2) is 18.7 Å². The van der Waals surface area contributed by atoms with E-state index >= 15 is 0 Å². The van der Waals surface area contributed by atoms with Crippen LogP contribution in [0.5, 0.6) is 28.7 Å². The predicted molar refractivity (Wildman–Crippen MR) is 182 cm³/mol. The molecule has 0 aromatic heterocycles. The summed E-state index contributed by atoms with van der Waals surface area (Å²) in [5.74, 6) is 2.99. The number of amides is 1. The Morgan fingerprint density at radius 1 is 1.12 bits per heavy atom. The number of hydrogen-bond acceptors (Lipinski definition) is 11. The van der Waals surface area contributed by atoms with Crippen molar-refractivity contribution < 1.29 is 38.0 Å². The molecule has 4 heterocycles. The summed E-state index contributed by atoms with van der Waals surface area (Å²) in [6.07, 6.45) is 1.96. The molecule has 2 bridgehead atoms. The third-order valence-corrected chi connectivity index (χ3v) is 10.0. The zero-order valence-corrected chi connectivity index (χ0v) is 30.2. The van der Waals surface area contributed by atoms with Crippen molar-refractivity contribution in [2.45, 2.75) is 60.7 Å². The summed E-state index contributed by atoms with van der Waals surface area (Å²) < 4.78 is 39.4. The number of nitrogens with one attached hydrogen (secondary N) is 1. The Hall–Kier alpha value is -3.31. The summed E-state index contributed by atoms with van der Waals surface area (Å²) in [4.78, 5) is 17.4. The van der Waals surface area contributed by atoms with Gasteiger partial charge in [-0.1, -0.05) is 53.5 Å². The molecule has 1 N–H and O–H groups in total. The normalized spacial score (nSPS) is 23.8. The molecule has 0 spiro atoms. The number of fused-ring (bicyclic) bond motifs is 9. The van der Waals surface area contributed by atoms with E-state index in [2.05, 4.69) is 33.8 Å². The number of hydrogen-bond donors (Lipinski definition) is 1. The van der Waals surface area contributed by atoms with E-state index in [0.717, 1.165) is 33.4 Å². The second-order valence-electron chi connectivity index (χ2n) is 12.5. The number of alkyl carbamates (subject to hydrolysis) is 1. The molecule has 1 amide bonds. The lowest BCUT2D eigenvalue weighted by atomic mass is 9.71. The average molecular weight is 738 g/mol. The standard InChI is InChI=1S/C34H39Cl3N4O8/c1-7-8-45-29-18(3)30-32(49-16-48-30)26-20(29)11-22-27-25-19(9-17(2)28(44-6)31(25)47-15-43-5)10-21(40(27)4)23(12-38)41(22)24(26)13-39-33(42)46-14-34(35,36)37/h7,9,21-24,27H,1,8,10-11,13-16H2,2-6H3,(H,39,42)/t21-,22?,23?,24+,27-/m1/s1. The zero-order valence-electron chi connectivity index (χ0n) is 27.9. The molecule has 6 rings (SSSR count). The van der Waals surface area contributed by atoms with Gasteiger partial charge in [0, 0.05) is 48.0 Å². The monoisotopic (exact) mass is 736 g/mol. The highest BCUT2D eigenvalue weighted by atomic mass is 35.6. The van der Waals surface area contributed by atoms with Gasteiger partial charge in [0.2, 0.25) is 10.6 Å².